The minimum Gasteiger partial charge on any atom is -0.473 e. The Morgan fingerprint density at radius 3 is 2.78 bits per heavy atom. The third-order valence-corrected chi connectivity index (χ3v) is 10.4. The van der Waals surface area contributed by atoms with Gasteiger partial charge in [-0.05, 0) is 37.6 Å². The van der Waals surface area contributed by atoms with Gasteiger partial charge in [0, 0.05) is 36.4 Å². The van der Waals surface area contributed by atoms with Crippen LogP contribution in [0, 0.1) is 0 Å². The van der Waals surface area contributed by atoms with Gasteiger partial charge in [0.25, 0.3) is 5.91 Å². The first-order chi connectivity index (χ1) is 20.0. The first-order valence-electron chi connectivity index (χ1n) is 12.9. The first kappa shape index (κ1) is 27.7. The fourth-order valence-electron chi connectivity index (χ4n) is 4.43. The average Bonchev–Trinajstić information content (AvgIpc) is 3.79. The number of anilines is 1. The van der Waals surface area contributed by atoms with Gasteiger partial charge >= 0.3 is 0 Å². The summed E-state index contributed by atoms with van der Waals surface area (Å²) in [6, 6.07) is 9.57. The number of carbonyl (C=O) groups is 1. The zero-order chi connectivity index (χ0) is 28.2. The van der Waals surface area contributed by atoms with Crippen LogP contribution in [0.15, 0.2) is 58.0 Å². The number of nitrogens with one attached hydrogen (secondary N) is 2. The zero-order valence-corrected chi connectivity index (χ0v) is 24.1. The summed E-state index contributed by atoms with van der Waals surface area (Å²) >= 11 is 2.61. The number of amides is 1. The fraction of sp³-hybridized carbons (Fsp3) is 0.346. The molecule has 5 heterocycles. The highest BCUT2D eigenvalue weighted by Gasteiger charge is 2.31. The number of ether oxygens (including phenoxy) is 2. The van der Waals surface area contributed by atoms with Crippen molar-refractivity contribution in [2.45, 2.75) is 35.7 Å². The van der Waals surface area contributed by atoms with Gasteiger partial charge < -0.3 is 19.6 Å². The number of thiazole rings is 2. The Morgan fingerprint density at radius 1 is 1.17 bits per heavy atom. The molecular formula is C26H26N6O6S3. The number of nitrogens with zero attached hydrogens (tertiary/aromatic N) is 4. The number of hydrogen-bond acceptors (Lipinski definition) is 13. The second kappa shape index (κ2) is 12.2. The van der Waals surface area contributed by atoms with Crippen LogP contribution in [0.3, 0.4) is 0 Å². The van der Waals surface area contributed by atoms with Crippen LogP contribution in [0.1, 0.15) is 23.4 Å². The summed E-state index contributed by atoms with van der Waals surface area (Å²) in [5.74, 6) is -0.0683. The molecule has 214 valence electrons. The topological polar surface area (TPSA) is 154 Å². The van der Waals surface area contributed by atoms with Gasteiger partial charge in [0.1, 0.15) is 21.5 Å². The predicted molar refractivity (Wildman–Crippen MR) is 154 cm³/mol. The monoisotopic (exact) mass is 614 g/mol. The molecule has 12 nitrogen and oxygen atoms in total. The summed E-state index contributed by atoms with van der Waals surface area (Å²) in [6.45, 7) is 2.36. The third kappa shape index (κ3) is 6.38. The molecule has 2 saturated heterocycles. The molecule has 1 aromatic carbocycles. The Hall–Kier alpha value is -3.50. The minimum atomic E-state index is -3.56. The van der Waals surface area contributed by atoms with Crippen molar-refractivity contribution < 1.29 is 27.5 Å². The lowest BCUT2D eigenvalue weighted by atomic mass is 10.1. The average molecular weight is 615 g/mol. The van der Waals surface area contributed by atoms with E-state index in [1.165, 1.54) is 46.9 Å². The molecule has 2 N–H and O–H groups in total. The molecule has 2 aliphatic rings. The van der Waals surface area contributed by atoms with Crippen LogP contribution >= 0.6 is 22.7 Å². The SMILES string of the molecule is O=C(Nc1nc2ccc(O[C@H]3CCNC3)nc2s1)C(=NOCc1nccs1)c1ccc(S(=O)(=O)[C@H]2CCOC2)cc1. The van der Waals surface area contributed by atoms with Gasteiger partial charge in [-0.3, -0.25) is 10.1 Å². The fourth-order valence-corrected chi connectivity index (χ4v) is 7.36. The molecule has 0 unspecified atom stereocenters. The molecule has 0 bridgehead atoms. The Morgan fingerprint density at radius 2 is 2.05 bits per heavy atom. The Bertz CT molecular complexity index is 1640. The third-order valence-electron chi connectivity index (χ3n) is 6.58. The van der Waals surface area contributed by atoms with Crippen LogP contribution in [0.5, 0.6) is 5.88 Å². The van der Waals surface area contributed by atoms with E-state index in [-0.39, 0.29) is 29.9 Å². The molecule has 0 saturated carbocycles. The van der Waals surface area contributed by atoms with E-state index in [1.807, 2.05) is 5.38 Å². The number of carbonyl (C=O) groups excluding carboxylic acids is 1. The number of rotatable bonds is 10. The van der Waals surface area contributed by atoms with Gasteiger partial charge in [-0.15, -0.1) is 11.3 Å². The Kier molecular flexibility index (Phi) is 8.20. The summed E-state index contributed by atoms with van der Waals surface area (Å²) in [4.78, 5) is 32.8. The van der Waals surface area contributed by atoms with Crippen molar-refractivity contribution in [3.8, 4) is 5.88 Å². The van der Waals surface area contributed by atoms with Gasteiger partial charge in [0.2, 0.25) is 5.88 Å². The number of aromatic nitrogens is 3. The highest BCUT2D eigenvalue weighted by atomic mass is 32.2. The van der Waals surface area contributed by atoms with Crippen molar-refractivity contribution in [1.82, 2.24) is 20.3 Å². The van der Waals surface area contributed by atoms with E-state index in [0.717, 1.165) is 19.5 Å². The molecule has 0 radical (unpaired) electrons. The summed E-state index contributed by atoms with van der Waals surface area (Å²) in [7, 11) is -3.56. The van der Waals surface area contributed by atoms with E-state index in [1.54, 1.807) is 18.3 Å². The molecular weight excluding hydrogens is 589 g/mol. The lowest BCUT2D eigenvalue weighted by Crippen LogP contribution is -2.25. The van der Waals surface area contributed by atoms with E-state index in [2.05, 4.69) is 30.7 Å². The Labute approximate surface area is 243 Å². The van der Waals surface area contributed by atoms with E-state index >= 15 is 0 Å². The maximum atomic E-state index is 13.4. The molecule has 4 aromatic rings. The van der Waals surface area contributed by atoms with Crippen molar-refractivity contribution in [2.24, 2.45) is 5.16 Å². The lowest BCUT2D eigenvalue weighted by molar-refractivity contribution is -0.110. The standard InChI is InChI=1S/C26H26N6O6S3/c33-24(31-26-29-20-5-6-21(30-25(20)40-26)38-17-7-9-27-13-17)23(32-37-15-22-28-10-12-39-22)16-1-3-18(4-2-16)41(34,35)19-8-11-36-14-19/h1-6,10,12,17,19,27H,7-9,11,13-15H2,(H,29,31,33)/t17-,19-/m0/s1. The largest absolute Gasteiger partial charge is 0.473 e. The van der Waals surface area contributed by atoms with Crippen molar-refractivity contribution in [2.75, 3.05) is 31.6 Å². The maximum Gasteiger partial charge on any atom is 0.280 e. The van der Waals surface area contributed by atoms with Gasteiger partial charge in [-0.1, -0.05) is 28.6 Å². The lowest BCUT2D eigenvalue weighted by Gasteiger charge is -2.11. The van der Waals surface area contributed by atoms with E-state index in [0.29, 0.717) is 45.0 Å². The van der Waals surface area contributed by atoms with Crippen molar-refractivity contribution in [3.05, 3.63) is 58.5 Å². The summed E-state index contributed by atoms with van der Waals surface area (Å²) < 4.78 is 37.1. The Balaban J connectivity index is 1.22. The molecule has 0 spiro atoms. The highest BCUT2D eigenvalue weighted by molar-refractivity contribution is 7.92. The number of fused-ring (bicyclic) bond motifs is 1. The van der Waals surface area contributed by atoms with Crippen LogP contribution in [0.25, 0.3) is 10.3 Å². The summed E-state index contributed by atoms with van der Waals surface area (Å²) in [6.07, 6.45) is 3.09. The number of hydrogen-bond donors (Lipinski definition) is 2. The van der Waals surface area contributed by atoms with Crippen LogP contribution in [-0.2, 0) is 30.8 Å². The number of sulfone groups is 1. The van der Waals surface area contributed by atoms with Crippen LogP contribution in [-0.4, -0.2) is 72.6 Å². The van der Waals surface area contributed by atoms with E-state index in [9.17, 15) is 13.2 Å². The zero-order valence-electron chi connectivity index (χ0n) is 21.7. The van der Waals surface area contributed by atoms with E-state index in [4.69, 9.17) is 14.3 Å². The smallest absolute Gasteiger partial charge is 0.280 e. The van der Waals surface area contributed by atoms with Crippen LogP contribution in [0.2, 0.25) is 0 Å². The van der Waals surface area contributed by atoms with Crippen molar-refractivity contribution in [3.63, 3.8) is 0 Å². The van der Waals surface area contributed by atoms with Crippen molar-refractivity contribution >= 4 is 59.6 Å². The van der Waals surface area contributed by atoms with Gasteiger partial charge in [-0.2, -0.15) is 0 Å². The summed E-state index contributed by atoms with van der Waals surface area (Å²) in [5.41, 5.74) is 0.953. The normalized spacial score (nSPS) is 19.5. The first-order valence-corrected chi connectivity index (χ1v) is 16.2. The molecule has 2 aliphatic heterocycles. The van der Waals surface area contributed by atoms with Crippen LogP contribution < -0.4 is 15.4 Å². The number of benzene rings is 1. The van der Waals surface area contributed by atoms with Crippen molar-refractivity contribution in [1.29, 1.82) is 0 Å². The van der Waals surface area contributed by atoms with Gasteiger partial charge in [0.05, 0.1) is 16.8 Å². The van der Waals surface area contributed by atoms with E-state index < -0.39 is 21.0 Å². The quantitative estimate of drug-likeness (QED) is 0.201. The minimum absolute atomic E-state index is 0.0420. The molecule has 6 rings (SSSR count). The second-order valence-electron chi connectivity index (χ2n) is 9.37. The second-order valence-corrected chi connectivity index (χ2v) is 13.6. The molecule has 2 fully saturated rings. The van der Waals surface area contributed by atoms with Crippen LogP contribution in [0.4, 0.5) is 5.13 Å². The maximum absolute atomic E-state index is 13.4. The predicted octanol–water partition coefficient (Wildman–Crippen LogP) is 3.01. The summed E-state index contributed by atoms with van der Waals surface area (Å²) in [5, 5.41) is 12.4. The molecule has 1 amide bonds. The molecule has 0 aliphatic carbocycles. The number of oxime groups is 1. The number of pyridine rings is 1. The van der Waals surface area contributed by atoms with Gasteiger partial charge in [0.15, 0.2) is 27.3 Å². The molecule has 2 atom stereocenters. The van der Waals surface area contributed by atoms with Gasteiger partial charge in [-0.25, -0.2) is 23.4 Å². The molecule has 41 heavy (non-hydrogen) atoms. The highest BCUT2D eigenvalue weighted by Crippen LogP contribution is 2.28. The molecule has 3 aromatic heterocycles. The molecule has 15 heteroatoms.